The Morgan fingerprint density at radius 1 is 0.971 bits per heavy atom. The van der Waals surface area contributed by atoms with Crippen molar-refractivity contribution in [1.82, 2.24) is 19.5 Å². The number of nitrogens with zero attached hydrogens (tertiary/aromatic N) is 4. The minimum atomic E-state index is -3.88. The van der Waals surface area contributed by atoms with Crippen molar-refractivity contribution in [2.75, 3.05) is 10.0 Å². The maximum Gasteiger partial charge on any atom is 0.264 e. The number of hydrogen-bond donors (Lipinski definition) is 2. The third-order valence-corrected chi connectivity index (χ3v) is 6.12. The molecule has 172 valence electrons. The molecule has 0 unspecified atom stereocenters. The van der Waals surface area contributed by atoms with Gasteiger partial charge in [-0.15, -0.1) is 0 Å². The van der Waals surface area contributed by atoms with Gasteiger partial charge in [0.25, 0.3) is 15.6 Å². The summed E-state index contributed by atoms with van der Waals surface area (Å²) in [4.78, 5) is 36.7. The Bertz CT molecular complexity index is 1470. The molecule has 0 spiro atoms. The van der Waals surface area contributed by atoms with Crippen LogP contribution in [0.25, 0.3) is 11.3 Å². The molecule has 0 aliphatic rings. The first-order valence-electron chi connectivity index (χ1n) is 10.1. The standard InChI is InChI=1S/C23H20N6O4S/c1-16-3-5-17(6-4-16)20-13-22(31)29(15-26-20)14-21(30)27-18-7-9-19(10-8-18)34(32,33)28-23-24-11-2-12-25-23/h2-13,15H,14H2,1H3,(H,27,30)(H,24,25,28). The molecule has 2 aromatic carbocycles. The molecule has 1 amide bonds. The first-order valence-corrected chi connectivity index (χ1v) is 11.6. The fourth-order valence-electron chi connectivity index (χ4n) is 3.03. The van der Waals surface area contributed by atoms with Gasteiger partial charge in [0.1, 0.15) is 6.54 Å². The van der Waals surface area contributed by atoms with Gasteiger partial charge in [-0.2, -0.15) is 0 Å². The number of nitrogens with one attached hydrogen (secondary N) is 2. The average molecular weight is 477 g/mol. The lowest BCUT2D eigenvalue weighted by molar-refractivity contribution is -0.116. The summed E-state index contributed by atoms with van der Waals surface area (Å²) in [6.07, 6.45) is 4.16. The topological polar surface area (TPSA) is 136 Å². The van der Waals surface area contributed by atoms with Crippen LogP contribution in [0.1, 0.15) is 5.56 Å². The average Bonchev–Trinajstić information content (AvgIpc) is 2.82. The van der Waals surface area contributed by atoms with Gasteiger partial charge < -0.3 is 5.32 Å². The second-order valence-electron chi connectivity index (χ2n) is 7.36. The van der Waals surface area contributed by atoms with E-state index in [-0.39, 0.29) is 22.9 Å². The van der Waals surface area contributed by atoms with Crippen molar-refractivity contribution in [3.8, 4) is 11.3 Å². The molecule has 0 fully saturated rings. The van der Waals surface area contributed by atoms with Crippen LogP contribution in [0.2, 0.25) is 0 Å². The van der Waals surface area contributed by atoms with Crippen LogP contribution in [0.4, 0.5) is 11.6 Å². The van der Waals surface area contributed by atoms with Crippen LogP contribution in [-0.2, 0) is 21.4 Å². The summed E-state index contributed by atoms with van der Waals surface area (Å²) < 4.78 is 28.3. The lowest BCUT2D eigenvalue weighted by Crippen LogP contribution is -2.27. The second-order valence-corrected chi connectivity index (χ2v) is 9.04. The van der Waals surface area contributed by atoms with E-state index in [1.54, 1.807) is 6.07 Å². The SMILES string of the molecule is Cc1ccc(-c2cc(=O)n(CC(=O)Nc3ccc(S(=O)(=O)Nc4ncccn4)cc3)cn2)cc1. The van der Waals surface area contributed by atoms with Crippen LogP contribution >= 0.6 is 0 Å². The lowest BCUT2D eigenvalue weighted by Gasteiger charge is -2.10. The highest BCUT2D eigenvalue weighted by atomic mass is 32.2. The van der Waals surface area contributed by atoms with Crippen molar-refractivity contribution in [2.24, 2.45) is 0 Å². The summed E-state index contributed by atoms with van der Waals surface area (Å²) in [7, 11) is -3.88. The minimum Gasteiger partial charge on any atom is -0.325 e. The number of hydrogen-bond acceptors (Lipinski definition) is 7. The molecule has 4 aromatic rings. The number of anilines is 2. The number of carbonyl (C=O) groups excluding carboxylic acids is 1. The number of aromatic nitrogens is 4. The minimum absolute atomic E-state index is 0.0231. The molecular weight excluding hydrogens is 456 g/mol. The Labute approximate surface area is 195 Å². The third kappa shape index (κ3) is 5.51. The van der Waals surface area contributed by atoms with Crippen molar-refractivity contribution in [2.45, 2.75) is 18.4 Å². The Morgan fingerprint density at radius 2 is 1.65 bits per heavy atom. The van der Waals surface area contributed by atoms with Crippen LogP contribution in [-0.4, -0.2) is 33.8 Å². The van der Waals surface area contributed by atoms with E-state index in [4.69, 9.17) is 0 Å². The number of benzene rings is 2. The lowest BCUT2D eigenvalue weighted by atomic mass is 10.1. The van der Waals surface area contributed by atoms with Gasteiger partial charge >= 0.3 is 0 Å². The van der Waals surface area contributed by atoms with Gasteiger partial charge in [-0.25, -0.2) is 28.1 Å². The van der Waals surface area contributed by atoms with E-state index in [2.05, 4.69) is 25.0 Å². The molecule has 0 saturated heterocycles. The van der Waals surface area contributed by atoms with Crippen LogP contribution in [0.5, 0.6) is 0 Å². The summed E-state index contributed by atoms with van der Waals surface area (Å²) in [5.41, 5.74) is 2.44. The molecule has 34 heavy (non-hydrogen) atoms. The molecule has 10 nitrogen and oxygen atoms in total. The zero-order valence-electron chi connectivity index (χ0n) is 18.0. The third-order valence-electron chi connectivity index (χ3n) is 4.78. The maximum absolute atomic E-state index is 12.4. The van der Waals surface area contributed by atoms with Gasteiger partial charge in [0.15, 0.2) is 0 Å². The number of sulfonamides is 1. The van der Waals surface area contributed by atoms with Crippen molar-refractivity contribution < 1.29 is 13.2 Å². The molecule has 4 rings (SSSR count). The van der Waals surface area contributed by atoms with Gasteiger partial charge in [-0.05, 0) is 37.3 Å². The maximum atomic E-state index is 12.4. The molecule has 0 atom stereocenters. The predicted octanol–water partition coefficient (Wildman–Crippen LogP) is 2.45. The van der Waals surface area contributed by atoms with Crippen molar-refractivity contribution >= 4 is 27.6 Å². The van der Waals surface area contributed by atoms with Gasteiger partial charge in [0.2, 0.25) is 11.9 Å². The Hall–Kier alpha value is -4.38. The monoisotopic (exact) mass is 476 g/mol. The second kappa shape index (κ2) is 9.63. The summed E-state index contributed by atoms with van der Waals surface area (Å²) in [5.74, 6) is -0.509. The van der Waals surface area contributed by atoms with Crippen molar-refractivity contribution in [3.63, 3.8) is 0 Å². The van der Waals surface area contributed by atoms with Crippen LogP contribution in [0.15, 0.2) is 89.1 Å². The van der Waals surface area contributed by atoms with E-state index in [0.29, 0.717) is 11.4 Å². The van der Waals surface area contributed by atoms with E-state index in [9.17, 15) is 18.0 Å². The highest BCUT2D eigenvalue weighted by molar-refractivity contribution is 7.92. The van der Waals surface area contributed by atoms with E-state index < -0.39 is 15.9 Å². The number of rotatable bonds is 7. The van der Waals surface area contributed by atoms with Gasteiger partial charge in [0, 0.05) is 29.7 Å². The molecule has 2 aromatic heterocycles. The smallest absolute Gasteiger partial charge is 0.264 e. The predicted molar refractivity (Wildman–Crippen MR) is 127 cm³/mol. The zero-order valence-corrected chi connectivity index (χ0v) is 18.9. The first-order chi connectivity index (χ1) is 16.3. The molecule has 0 bridgehead atoms. The molecule has 2 N–H and O–H groups in total. The summed E-state index contributed by atoms with van der Waals surface area (Å²) in [5, 5.41) is 2.63. The highest BCUT2D eigenvalue weighted by Gasteiger charge is 2.16. The molecule has 0 aliphatic carbocycles. The molecule has 0 aliphatic heterocycles. The van der Waals surface area contributed by atoms with Crippen LogP contribution in [0, 0.1) is 6.92 Å². The number of aryl methyl sites for hydroxylation is 1. The summed E-state index contributed by atoms with van der Waals surface area (Å²) in [6.45, 7) is 1.73. The zero-order chi connectivity index (χ0) is 24.1. The highest BCUT2D eigenvalue weighted by Crippen LogP contribution is 2.17. The fourth-order valence-corrected chi connectivity index (χ4v) is 3.99. The summed E-state index contributed by atoms with van der Waals surface area (Å²) >= 11 is 0. The van der Waals surface area contributed by atoms with Gasteiger partial charge in [-0.3, -0.25) is 14.2 Å². The van der Waals surface area contributed by atoms with Crippen molar-refractivity contribution in [1.29, 1.82) is 0 Å². The Morgan fingerprint density at radius 3 is 2.29 bits per heavy atom. The van der Waals surface area contributed by atoms with Gasteiger partial charge in [-0.1, -0.05) is 29.8 Å². The van der Waals surface area contributed by atoms with E-state index in [1.807, 2.05) is 31.2 Å². The Balaban J connectivity index is 1.40. The molecule has 0 radical (unpaired) electrons. The van der Waals surface area contributed by atoms with E-state index in [0.717, 1.165) is 11.1 Å². The normalized spacial score (nSPS) is 11.1. The Kier molecular flexibility index (Phi) is 6.46. The summed E-state index contributed by atoms with van der Waals surface area (Å²) in [6, 6.07) is 16.1. The van der Waals surface area contributed by atoms with E-state index in [1.165, 1.54) is 53.6 Å². The molecule has 0 saturated carbocycles. The quantitative estimate of drug-likeness (QED) is 0.418. The van der Waals surface area contributed by atoms with Crippen molar-refractivity contribution in [3.05, 3.63) is 95.3 Å². The van der Waals surface area contributed by atoms with Crippen LogP contribution in [0.3, 0.4) is 0 Å². The van der Waals surface area contributed by atoms with E-state index >= 15 is 0 Å². The number of carbonyl (C=O) groups is 1. The molecule has 2 heterocycles. The number of amides is 1. The van der Waals surface area contributed by atoms with Gasteiger partial charge in [0.05, 0.1) is 16.9 Å². The molecule has 11 heteroatoms. The van der Waals surface area contributed by atoms with Crippen LogP contribution < -0.4 is 15.6 Å². The molecular formula is C23H20N6O4S. The largest absolute Gasteiger partial charge is 0.325 e. The fraction of sp³-hybridized carbons (Fsp3) is 0.0870. The first kappa shape index (κ1) is 22.8.